The summed E-state index contributed by atoms with van der Waals surface area (Å²) in [5.74, 6) is 0.176. The molecule has 6 heteroatoms. The van der Waals surface area contributed by atoms with Gasteiger partial charge in [0, 0.05) is 19.6 Å². The molecule has 1 aromatic rings. The van der Waals surface area contributed by atoms with Gasteiger partial charge in [-0.3, -0.25) is 10.1 Å². The number of carbonyl (C=O) groups is 2. The van der Waals surface area contributed by atoms with Crippen molar-refractivity contribution >= 4 is 11.9 Å². The fourth-order valence-corrected chi connectivity index (χ4v) is 3.50. The average Bonchev–Trinajstić information content (AvgIpc) is 2.86. The SMILES string of the molecule is NC(=O)N1CCC2(CC1)NCN(CCCc1ccccc1)C2=O. The number of amides is 3. The summed E-state index contributed by atoms with van der Waals surface area (Å²) in [6.07, 6.45) is 3.22. The topological polar surface area (TPSA) is 78.7 Å². The highest BCUT2D eigenvalue weighted by molar-refractivity contribution is 5.88. The molecule has 0 saturated carbocycles. The molecule has 1 aromatic carbocycles. The maximum absolute atomic E-state index is 12.7. The second-order valence-electron chi connectivity index (χ2n) is 6.40. The lowest BCUT2D eigenvalue weighted by atomic mass is 9.87. The first kappa shape index (κ1) is 15.8. The van der Waals surface area contributed by atoms with Crippen LogP contribution in [-0.4, -0.2) is 53.6 Å². The highest BCUT2D eigenvalue weighted by atomic mass is 16.2. The van der Waals surface area contributed by atoms with Gasteiger partial charge < -0.3 is 15.5 Å². The lowest BCUT2D eigenvalue weighted by molar-refractivity contribution is -0.133. The van der Waals surface area contributed by atoms with Crippen LogP contribution in [0.3, 0.4) is 0 Å². The van der Waals surface area contributed by atoms with E-state index in [1.165, 1.54) is 5.56 Å². The molecule has 2 aliphatic rings. The number of nitrogens with zero attached hydrogens (tertiary/aromatic N) is 2. The Hall–Kier alpha value is -2.08. The number of benzene rings is 1. The predicted molar refractivity (Wildman–Crippen MR) is 87.6 cm³/mol. The number of primary amides is 1. The molecule has 124 valence electrons. The molecular formula is C17H24N4O2. The summed E-state index contributed by atoms with van der Waals surface area (Å²) in [6.45, 7) is 2.46. The first-order valence-corrected chi connectivity index (χ1v) is 8.23. The highest BCUT2D eigenvalue weighted by Gasteiger charge is 2.48. The third-order valence-corrected chi connectivity index (χ3v) is 4.97. The molecule has 6 nitrogen and oxygen atoms in total. The minimum absolute atomic E-state index is 0.176. The molecule has 2 saturated heterocycles. The van der Waals surface area contributed by atoms with Crippen molar-refractivity contribution in [3.63, 3.8) is 0 Å². The molecule has 0 bridgehead atoms. The minimum atomic E-state index is -0.487. The predicted octanol–water partition coefficient (Wildman–Crippen LogP) is 0.922. The summed E-state index contributed by atoms with van der Waals surface area (Å²) < 4.78 is 0. The van der Waals surface area contributed by atoms with Crippen LogP contribution in [0.2, 0.25) is 0 Å². The Morgan fingerprint density at radius 2 is 1.91 bits per heavy atom. The van der Waals surface area contributed by atoms with Crippen LogP contribution in [0.5, 0.6) is 0 Å². The molecule has 3 rings (SSSR count). The van der Waals surface area contributed by atoms with Crippen LogP contribution in [-0.2, 0) is 11.2 Å². The van der Waals surface area contributed by atoms with Gasteiger partial charge in [-0.05, 0) is 31.2 Å². The maximum atomic E-state index is 12.7. The van der Waals surface area contributed by atoms with Crippen LogP contribution in [0, 0.1) is 0 Å². The van der Waals surface area contributed by atoms with Gasteiger partial charge in [0.1, 0.15) is 5.54 Å². The number of nitrogens with two attached hydrogens (primary N) is 1. The quantitative estimate of drug-likeness (QED) is 0.867. The Morgan fingerprint density at radius 3 is 2.57 bits per heavy atom. The van der Waals surface area contributed by atoms with Crippen molar-refractivity contribution < 1.29 is 9.59 Å². The lowest BCUT2D eigenvalue weighted by Gasteiger charge is -2.37. The fraction of sp³-hybridized carbons (Fsp3) is 0.529. The largest absolute Gasteiger partial charge is 0.351 e. The molecule has 0 unspecified atom stereocenters. The number of carbonyl (C=O) groups excluding carboxylic acids is 2. The molecular weight excluding hydrogens is 292 g/mol. The monoisotopic (exact) mass is 316 g/mol. The van der Waals surface area contributed by atoms with Crippen molar-refractivity contribution in [1.29, 1.82) is 0 Å². The van der Waals surface area contributed by atoms with E-state index in [0.717, 1.165) is 19.4 Å². The first-order chi connectivity index (χ1) is 11.1. The van der Waals surface area contributed by atoms with Crippen LogP contribution in [0.1, 0.15) is 24.8 Å². The summed E-state index contributed by atoms with van der Waals surface area (Å²) in [5.41, 5.74) is 6.12. The van der Waals surface area contributed by atoms with Crippen LogP contribution < -0.4 is 11.1 Å². The van der Waals surface area contributed by atoms with E-state index in [0.29, 0.717) is 32.6 Å². The van der Waals surface area contributed by atoms with E-state index in [1.54, 1.807) is 4.90 Å². The molecule has 0 aromatic heterocycles. The smallest absolute Gasteiger partial charge is 0.314 e. The van der Waals surface area contributed by atoms with Gasteiger partial charge in [-0.15, -0.1) is 0 Å². The van der Waals surface area contributed by atoms with Crippen LogP contribution in [0.15, 0.2) is 30.3 Å². The molecule has 0 radical (unpaired) electrons. The van der Waals surface area contributed by atoms with Gasteiger partial charge in [0.2, 0.25) is 5.91 Å². The number of urea groups is 1. The van der Waals surface area contributed by atoms with Gasteiger partial charge in [-0.2, -0.15) is 0 Å². The standard InChI is InChI=1S/C17H24N4O2/c18-16(23)20-11-8-17(9-12-20)15(22)21(13-19-17)10-4-7-14-5-2-1-3-6-14/h1-3,5-6,19H,4,7-13H2,(H2,18,23). The Labute approximate surface area is 136 Å². The third-order valence-electron chi connectivity index (χ3n) is 4.97. The van der Waals surface area contributed by atoms with Crippen LogP contribution in [0.4, 0.5) is 4.79 Å². The summed E-state index contributed by atoms with van der Waals surface area (Å²) in [5, 5.41) is 3.38. The molecule has 2 fully saturated rings. The first-order valence-electron chi connectivity index (χ1n) is 8.23. The van der Waals surface area contributed by atoms with Crippen molar-refractivity contribution in [3.8, 4) is 0 Å². The van der Waals surface area contributed by atoms with Crippen LogP contribution in [0.25, 0.3) is 0 Å². The molecule has 0 aliphatic carbocycles. The summed E-state index contributed by atoms with van der Waals surface area (Å²) in [6, 6.07) is 9.93. The van der Waals surface area contributed by atoms with E-state index < -0.39 is 11.6 Å². The van der Waals surface area contributed by atoms with E-state index >= 15 is 0 Å². The lowest BCUT2D eigenvalue weighted by Crippen LogP contribution is -2.56. The van der Waals surface area contributed by atoms with Crippen LogP contribution >= 0.6 is 0 Å². The number of nitrogens with one attached hydrogen (secondary N) is 1. The van der Waals surface area contributed by atoms with E-state index in [4.69, 9.17) is 5.73 Å². The van der Waals surface area contributed by atoms with Crippen molar-refractivity contribution in [2.45, 2.75) is 31.2 Å². The fourth-order valence-electron chi connectivity index (χ4n) is 3.50. The highest BCUT2D eigenvalue weighted by Crippen LogP contribution is 2.28. The van der Waals surface area contributed by atoms with Gasteiger partial charge in [-0.25, -0.2) is 4.79 Å². The number of rotatable bonds is 4. The molecule has 2 aliphatic heterocycles. The zero-order valence-electron chi connectivity index (χ0n) is 13.3. The average molecular weight is 316 g/mol. The Kier molecular flexibility index (Phi) is 4.52. The van der Waals surface area contributed by atoms with Crippen molar-refractivity contribution in [2.24, 2.45) is 5.73 Å². The van der Waals surface area contributed by atoms with Gasteiger partial charge >= 0.3 is 6.03 Å². The van der Waals surface area contributed by atoms with Gasteiger partial charge in [0.25, 0.3) is 0 Å². The number of aryl methyl sites for hydroxylation is 1. The number of piperidine rings is 1. The Balaban J connectivity index is 1.50. The second-order valence-corrected chi connectivity index (χ2v) is 6.40. The summed E-state index contributed by atoms with van der Waals surface area (Å²) in [7, 11) is 0. The van der Waals surface area contributed by atoms with Crippen molar-refractivity contribution in [1.82, 2.24) is 15.1 Å². The Morgan fingerprint density at radius 1 is 1.22 bits per heavy atom. The third kappa shape index (κ3) is 3.32. The number of hydrogen-bond donors (Lipinski definition) is 2. The van der Waals surface area contributed by atoms with E-state index in [9.17, 15) is 9.59 Å². The molecule has 3 amide bonds. The molecule has 1 spiro atoms. The minimum Gasteiger partial charge on any atom is -0.351 e. The molecule has 0 atom stereocenters. The van der Waals surface area contributed by atoms with Gasteiger partial charge in [-0.1, -0.05) is 30.3 Å². The van der Waals surface area contributed by atoms with Crippen molar-refractivity contribution in [3.05, 3.63) is 35.9 Å². The Bertz CT molecular complexity index is 567. The summed E-state index contributed by atoms with van der Waals surface area (Å²) >= 11 is 0. The molecule has 23 heavy (non-hydrogen) atoms. The van der Waals surface area contributed by atoms with Gasteiger partial charge in [0.05, 0.1) is 6.67 Å². The van der Waals surface area contributed by atoms with Gasteiger partial charge in [0.15, 0.2) is 0 Å². The molecule has 3 N–H and O–H groups in total. The maximum Gasteiger partial charge on any atom is 0.314 e. The van der Waals surface area contributed by atoms with E-state index in [2.05, 4.69) is 17.4 Å². The van der Waals surface area contributed by atoms with E-state index in [1.807, 2.05) is 23.1 Å². The summed E-state index contributed by atoms with van der Waals surface area (Å²) in [4.78, 5) is 27.5. The number of hydrogen-bond acceptors (Lipinski definition) is 3. The van der Waals surface area contributed by atoms with E-state index in [-0.39, 0.29) is 5.91 Å². The van der Waals surface area contributed by atoms with Crippen molar-refractivity contribution in [2.75, 3.05) is 26.3 Å². The molecule has 2 heterocycles. The normalized spacial score (nSPS) is 20.3. The number of likely N-dealkylation sites (tertiary alicyclic amines) is 1. The second kappa shape index (κ2) is 6.58. The zero-order chi connectivity index (χ0) is 16.3. The zero-order valence-corrected chi connectivity index (χ0v) is 13.3.